The van der Waals surface area contributed by atoms with E-state index in [1.807, 2.05) is 19.9 Å². The zero-order valence-electron chi connectivity index (χ0n) is 9.14. The molecule has 0 rings (SSSR count). The molecule has 0 unspecified atom stereocenters. The molecule has 0 spiro atoms. The fourth-order valence-electron chi connectivity index (χ4n) is 0.958. The number of nitrogens with two attached hydrogens (primary N) is 2. The standard InChI is InChI=1S/C12H20N2/c1-5-9(3)7-11(8-13)12(14)10(4)6-2/h6-7H,2-3,5,8,13-14H2,1,4H3/b11-7-,12-10+. The molecular formula is C12H20N2. The maximum Gasteiger partial charge on any atom is 0.0389 e. The van der Waals surface area contributed by atoms with Gasteiger partial charge in [0.2, 0.25) is 0 Å². The van der Waals surface area contributed by atoms with Gasteiger partial charge in [0.25, 0.3) is 0 Å². The summed E-state index contributed by atoms with van der Waals surface area (Å²) in [6.07, 6.45) is 4.58. The third-order valence-corrected chi connectivity index (χ3v) is 2.13. The zero-order valence-corrected chi connectivity index (χ0v) is 9.14. The minimum atomic E-state index is 0.427. The van der Waals surface area contributed by atoms with Crippen molar-refractivity contribution in [1.29, 1.82) is 0 Å². The van der Waals surface area contributed by atoms with Crippen molar-refractivity contribution in [2.75, 3.05) is 6.54 Å². The zero-order chi connectivity index (χ0) is 11.1. The summed E-state index contributed by atoms with van der Waals surface area (Å²) < 4.78 is 0. The third-order valence-electron chi connectivity index (χ3n) is 2.13. The molecule has 0 aromatic rings. The lowest BCUT2D eigenvalue weighted by Gasteiger charge is -2.08. The smallest absolute Gasteiger partial charge is 0.0389 e. The van der Waals surface area contributed by atoms with E-state index in [0.29, 0.717) is 12.2 Å². The molecule has 0 amide bonds. The molecule has 0 aliphatic heterocycles. The van der Waals surface area contributed by atoms with Gasteiger partial charge in [-0.15, -0.1) is 0 Å². The summed E-state index contributed by atoms with van der Waals surface area (Å²) in [5.74, 6) is 0. The highest BCUT2D eigenvalue weighted by atomic mass is 14.6. The summed E-state index contributed by atoms with van der Waals surface area (Å²) in [5, 5.41) is 0. The van der Waals surface area contributed by atoms with Gasteiger partial charge in [-0.2, -0.15) is 0 Å². The van der Waals surface area contributed by atoms with Gasteiger partial charge in [-0.3, -0.25) is 0 Å². The number of allylic oxidation sites excluding steroid dienone is 4. The molecule has 2 heteroatoms. The van der Waals surface area contributed by atoms with E-state index in [-0.39, 0.29) is 0 Å². The predicted octanol–water partition coefficient (Wildman–Crippen LogP) is 2.26. The summed E-state index contributed by atoms with van der Waals surface area (Å²) in [5.41, 5.74) is 15.1. The van der Waals surface area contributed by atoms with Gasteiger partial charge in [-0.05, 0) is 24.5 Å². The Hall–Kier alpha value is -1.28. The third kappa shape index (κ3) is 3.62. The monoisotopic (exact) mass is 192 g/mol. The maximum atomic E-state index is 5.90. The number of hydrogen-bond donors (Lipinski definition) is 2. The molecule has 78 valence electrons. The van der Waals surface area contributed by atoms with Crippen LogP contribution in [-0.4, -0.2) is 6.54 Å². The largest absolute Gasteiger partial charge is 0.398 e. The lowest BCUT2D eigenvalue weighted by atomic mass is 10.0. The number of rotatable bonds is 5. The fourth-order valence-corrected chi connectivity index (χ4v) is 0.958. The lowest BCUT2D eigenvalue weighted by Crippen LogP contribution is -2.12. The first-order valence-corrected chi connectivity index (χ1v) is 4.74. The van der Waals surface area contributed by atoms with Crippen LogP contribution in [0.15, 0.2) is 47.7 Å². The van der Waals surface area contributed by atoms with Crippen LogP contribution in [0, 0.1) is 0 Å². The van der Waals surface area contributed by atoms with E-state index in [1.54, 1.807) is 6.08 Å². The van der Waals surface area contributed by atoms with E-state index >= 15 is 0 Å². The van der Waals surface area contributed by atoms with Gasteiger partial charge in [-0.25, -0.2) is 0 Å². The highest BCUT2D eigenvalue weighted by Gasteiger charge is 2.01. The summed E-state index contributed by atoms with van der Waals surface area (Å²) in [4.78, 5) is 0. The minimum Gasteiger partial charge on any atom is -0.398 e. The Morgan fingerprint density at radius 3 is 2.36 bits per heavy atom. The molecule has 0 bridgehead atoms. The van der Waals surface area contributed by atoms with Gasteiger partial charge in [0.1, 0.15) is 0 Å². The second-order valence-corrected chi connectivity index (χ2v) is 3.19. The van der Waals surface area contributed by atoms with Gasteiger partial charge < -0.3 is 11.5 Å². The Labute approximate surface area is 86.7 Å². The van der Waals surface area contributed by atoms with E-state index in [4.69, 9.17) is 11.5 Å². The van der Waals surface area contributed by atoms with Crippen molar-refractivity contribution in [3.8, 4) is 0 Å². The first-order chi connectivity index (χ1) is 6.56. The Balaban J connectivity index is 5.00. The summed E-state index contributed by atoms with van der Waals surface area (Å²) in [6.45, 7) is 12.0. The van der Waals surface area contributed by atoms with Crippen LogP contribution in [-0.2, 0) is 0 Å². The summed E-state index contributed by atoms with van der Waals surface area (Å²) in [6, 6.07) is 0. The average Bonchev–Trinajstić information content (AvgIpc) is 2.23. The molecular weight excluding hydrogens is 172 g/mol. The van der Waals surface area contributed by atoms with Crippen molar-refractivity contribution in [3.63, 3.8) is 0 Å². The molecule has 0 heterocycles. The Morgan fingerprint density at radius 2 is 2.00 bits per heavy atom. The molecule has 0 radical (unpaired) electrons. The highest BCUT2D eigenvalue weighted by Crippen LogP contribution is 2.12. The molecule has 2 nitrogen and oxygen atoms in total. The Bertz CT molecular complexity index is 283. The van der Waals surface area contributed by atoms with Crippen LogP contribution in [0.1, 0.15) is 20.3 Å². The molecule has 0 aliphatic carbocycles. The van der Waals surface area contributed by atoms with Crippen LogP contribution in [0.3, 0.4) is 0 Å². The van der Waals surface area contributed by atoms with Crippen molar-refractivity contribution in [2.24, 2.45) is 11.5 Å². The maximum absolute atomic E-state index is 5.90. The molecule has 4 N–H and O–H groups in total. The van der Waals surface area contributed by atoms with Crippen LogP contribution in [0.2, 0.25) is 0 Å². The molecule has 0 aliphatic rings. The molecule has 0 aromatic carbocycles. The molecule has 0 fully saturated rings. The quantitative estimate of drug-likeness (QED) is 0.656. The van der Waals surface area contributed by atoms with E-state index in [1.165, 1.54) is 0 Å². The lowest BCUT2D eigenvalue weighted by molar-refractivity contribution is 1.08. The van der Waals surface area contributed by atoms with Crippen LogP contribution >= 0.6 is 0 Å². The molecule has 0 saturated carbocycles. The van der Waals surface area contributed by atoms with Gasteiger partial charge in [-0.1, -0.05) is 37.8 Å². The summed E-state index contributed by atoms with van der Waals surface area (Å²) >= 11 is 0. The highest BCUT2D eigenvalue weighted by molar-refractivity contribution is 5.40. The SMILES string of the molecule is C=C/C(C)=C(N)\C(=C/C(=C)CC)CN. The van der Waals surface area contributed by atoms with Crippen LogP contribution < -0.4 is 11.5 Å². The van der Waals surface area contributed by atoms with E-state index in [2.05, 4.69) is 13.2 Å². The van der Waals surface area contributed by atoms with Gasteiger partial charge in [0, 0.05) is 12.2 Å². The van der Waals surface area contributed by atoms with E-state index < -0.39 is 0 Å². The van der Waals surface area contributed by atoms with Gasteiger partial charge in [0.15, 0.2) is 0 Å². The Kier molecular flexibility index (Phi) is 5.65. The summed E-state index contributed by atoms with van der Waals surface area (Å²) in [7, 11) is 0. The molecule has 0 saturated heterocycles. The van der Waals surface area contributed by atoms with Gasteiger partial charge in [0.05, 0.1) is 0 Å². The van der Waals surface area contributed by atoms with Crippen molar-refractivity contribution in [2.45, 2.75) is 20.3 Å². The molecule has 0 atom stereocenters. The molecule has 0 aromatic heterocycles. The van der Waals surface area contributed by atoms with Crippen LogP contribution in [0.4, 0.5) is 0 Å². The van der Waals surface area contributed by atoms with E-state index in [0.717, 1.165) is 23.1 Å². The fraction of sp³-hybridized carbons (Fsp3) is 0.333. The van der Waals surface area contributed by atoms with Gasteiger partial charge >= 0.3 is 0 Å². The average molecular weight is 192 g/mol. The van der Waals surface area contributed by atoms with Crippen molar-refractivity contribution in [3.05, 3.63) is 47.7 Å². The second kappa shape index (κ2) is 6.22. The second-order valence-electron chi connectivity index (χ2n) is 3.19. The topological polar surface area (TPSA) is 52.0 Å². The van der Waals surface area contributed by atoms with E-state index in [9.17, 15) is 0 Å². The van der Waals surface area contributed by atoms with Crippen LogP contribution in [0.5, 0.6) is 0 Å². The number of hydrogen-bond acceptors (Lipinski definition) is 2. The van der Waals surface area contributed by atoms with Crippen molar-refractivity contribution >= 4 is 0 Å². The first kappa shape index (κ1) is 12.7. The molecule has 14 heavy (non-hydrogen) atoms. The normalized spacial score (nSPS) is 13.5. The minimum absolute atomic E-state index is 0.427. The Morgan fingerprint density at radius 1 is 1.43 bits per heavy atom. The van der Waals surface area contributed by atoms with Crippen molar-refractivity contribution < 1.29 is 0 Å². The van der Waals surface area contributed by atoms with Crippen LogP contribution in [0.25, 0.3) is 0 Å². The first-order valence-electron chi connectivity index (χ1n) is 4.74. The van der Waals surface area contributed by atoms with Crippen molar-refractivity contribution in [1.82, 2.24) is 0 Å². The predicted molar refractivity (Wildman–Crippen MR) is 63.7 cm³/mol.